The van der Waals surface area contributed by atoms with Gasteiger partial charge >= 0.3 is 0 Å². The summed E-state index contributed by atoms with van der Waals surface area (Å²) in [5.74, 6) is 0. The first-order valence-corrected chi connectivity index (χ1v) is 7.70. The van der Waals surface area contributed by atoms with Crippen molar-refractivity contribution in [1.82, 2.24) is 4.98 Å². The van der Waals surface area contributed by atoms with Crippen LogP contribution in [0.25, 0.3) is 10.2 Å². The maximum absolute atomic E-state index is 6.12. The molecule has 0 spiro atoms. The first kappa shape index (κ1) is 12.9. The molecule has 0 fully saturated rings. The molecule has 2 aromatic carbocycles. The topological polar surface area (TPSA) is 24.9 Å². The molecule has 0 aliphatic carbocycles. The molecule has 0 amide bonds. The maximum Gasteiger partial charge on any atom is 0.188 e. The Balaban J connectivity index is 1.94. The molecule has 0 saturated carbocycles. The number of aromatic nitrogens is 1. The zero-order chi connectivity index (χ0) is 13.4. The summed E-state index contributed by atoms with van der Waals surface area (Å²) in [6.45, 7) is 1.99. The Morgan fingerprint density at radius 2 is 2.05 bits per heavy atom. The average Bonchev–Trinajstić information content (AvgIpc) is 2.75. The largest absolute Gasteiger partial charge is 0.331 e. The predicted molar refractivity (Wildman–Crippen MR) is 86.8 cm³/mol. The van der Waals surface area contributed by atoms with Gasteiger partial charge in [0.15, 0.2) is 5.13 Å². The van der Waals surface area contributed by atoms with Crippen molar-refractivity contribution in [1.29, 1.82) is 0 Å². The lowest BCUT2D eigenvalue weighted by molar-refractivity contribution is 1.42. The first-order chi connectivity index (χ1) is 9.11. The van der Waals surface area contributed by atoms with Crippen molar-refractivity contribution < 1.29 is 0 Å². The van der Waals surface area contributed by atoms with Gasteiger partial charge in [0, 0.05) is 15.2 Å². The molecule has 96 valence electrons. The van der Waals surface area contributed by atoms with Crippen LogP contribution in [0.5, 0.6) is 0 Å². The smallest absolute Gasteiger partial charge is 0.188 e. The summed E-state index contributed by atoms with van der Waals surface area (Å²) in [6, 6.07) is 12.0. The summed E-state index contributed by atoms with van der Waals surface area (Å²) in [5, 5.41) is 4.92. The van der Waals surface area contributed by atoms with Crippen molar-refractivity contribution in [2.45, 2.75) is 6.92 Å². The van der Waals surface area contributed by atoms with Crippen molar-refractivity contribution in [3.05, 3.63) is 51.5 Å². The lowest BCUT2D eigenvalue weighted by Crippen LogP contribution is -1.89. The summed E-state index contributed by atoms with van der Waals surface area (Å²) in [5.41, 5.74) is 3.01. The molecule has 3 rings (SSSR count). The number of hydrogen-bond donors (Lipinski definition) is 1. The molecule has 0 unspecified atom stereocenters. The summed E-state index contributed by atoms with van der Waals surface area (Å²) >= 11 is 11.2. The van der Waals surface area contributed by atoms with E-state index in [0.29, 0.717) is 0 Å². The van der Waals surface area contributed by atoms with E-state index in [0.717, 1.165) is 36.1 Å². The lowest BCUT2D eigenvalue weighted by Gasteiger charge is -2.04. The Labute approximate surface area is 128 Å². The standard InChI is InChI=1S/C14H10BrClN2S/c1-8-2-4-10(7-11(8)16)17-14-18-12-6-9(15)3-5-13(12)19-14/h2-7H,1H3,(H,17,18). The SMILES string of the molecule is Cc1ccc(Nc2nc3cc(Br)ccc3s2)cc1Cl. The van der Waals surface area contributed by atoms with Crippen LogP contribution in [0.15, 0.2) is 40.9 Å². The highest BCUT2D eigenvalue weighted by molar-refractivity contribution is 9.10. The zero-order valence-corrected chi connectivity index (χ0v) is 13.2. The third-order valence-corrected chi connectivity index (χ3v) is 4.63. The minimum atomic E-state index is 0.758. The molecule has 2 nitrogen and oxygen atoms in total. The molecule has 0 aliphatic heterocycles. The van der Waals surface area contributed by atoms with E-state index in [-0.39, 0.29) is 0 Å². The van der Waals surface area contributed by atoms with Crippen LogP contribution in [0.3, 0.4) is 0 Å². The van der Waals surface area contributed by atoms with Crippen molar-refractivity contribution in [2.24, 2.45) is 0 Å². The van der Waals surface area contributed by atoms with Gasteiger partial charge in [-0.15, -0.1) is 0 Å². The van der Waals surface area contributed by atoms with E-state index in [1.807, 2.05) is 37.3 Å². The minimum absolute atomic E-state index is 0.758. The number of rotatable bonds is 2. The molecule has 3 aromatic rings. The number of nitrogens with one attached hydrogen (secondary N) is 1. The highest BCUT2D eigenvalue weighted by atomic mass is 79.9. The van der Waals surface area contributed by atoms with E-state index in [9.17, 15) is 0 Å². The second-order valence-electron chi connectivity index (χ2n) is 4.22. The third-order valence-electron chi connectivity index (χ3n) is 2.77. The van der Waals surface area contributed by atoms with Gasteiger partial charge in [-0.3, -0.25) is 0 Å². The zero-order valence-electron chi connectivity index (χ0n) is 10.1. The van der Waals surface area contributed by atoms with Gasteiger partial charge in [0.1, 0.15) is 0 Å². The van der Waals surface area contributed by atoms with E-state index < -0.39 is 0 Å². The van der Waals surface area contributed by atoms with Gasteiger partial charge in [-0.2, -0.15) is 0 Å². The van der Waals surface area contributed by atoms with Gasteiger partial charge in [-0.05, 0) is 42.8 Å². The number of fused-ring (bicyclic) bond motifs is 1. The second-order valence-corrected chi connectivity index (χ2v) is 6.57. The molecule has 1 aromatic heterocycles. The van der Waals surface area contributed by atoms with Crippen LogP contribution in [0, 0.1) is 6.92 Å². The van der Waals surface area contributed by atoms with Gasteiger partial charge in [-0.25, -0.2) is 4.98 Å². The highest BCUT2D eigenvalue weighted by Crippen LogP contribution is 2.31. The van der Waals surface area contributed by atoms with Crippen molar-refractivity contribution in [2.75, 3.05) is 5.32 Å². The number of halogens is 2. The lowest BCUT2D eigenvalue weighted by atomic mass is 10.2. The monoisotopic (exact) mass is 352 g/mol. The predicted octanol–water partition coefficient (Wildman–Crippen LogP) is 5.76. The molecule has 0 atom stereocenters. The Morgan fingerprint density at radius 1 is 1.21 bits per heavy atom. The molecule has 0 bridgehead atoms. The van der Waals surface area contributed by atoms with Crippen molar-refractivity contribution >= 4 is 59.9 Å². The van der Waals surface area contributed by atoms with Gasteiger partial charge in [-0.1, -0.05) is 44.9 Å². The van der Waals surface area contributed by atoms with Gasteiger partial charge in [0.25, 0.3) is 0 Å². The van der Waals surface area contributed by atoms with Crippen LogP contribution in [0.4, 0.5) is 10.8 Å². The fourth-order valence-corrected chi connectivity index (χ4v) is 3.14. The van der Waals surface area contributed by atoms with Crippen LogP contribution >= 0.6 is 38.9 Å². The van der Waals surface area contributed by atoms with E-state index in [4.69, 9.17) is 11.6 Å². The molecule has 1 N–H and O–H groups in total. The van der Waals surface area contributed by atoms with Crippen molar-refractivity contribution in [3.63, 3.8) is 0 Å². The second kappa shape index (κ2) is 5.12. The minimum Gasteiger partial charge on any atom is -0.331 e. The van der Waals surface area contributed by atoms with Gasteiger partial charge < -0.3 is 5.32 Å². The summed E-state index contributed by atoms with van der Waals surface area (Å²) in [7, 11) is 0. The van der Waals surface area contributed by atoms with E-state index in [1.54, 1.807) is 11.3 Å². The molecule has 0 radical (unpaired) electrons. The molecule has 1 heterocycles. The van der Waals surface area contributed by atoms with Crippen LogP contribution in [0.1, 0.15) is 5.56 Å². The Kier molecular flexibility index (Phi) is 3.48. The first-order valence-electron chi connectivity index (χ1n) is 5.71. The summed E-state index contributed by atoms with van der Waals surface area (Å²) in [6.07, 6.45) is 0. The maximum atomic E-state index is 6.12. The fourth-order valence-electron chi connectivity index (χ4n) is 1.75. The Morgan fingerprint density at radius 3 is 2.84 bits per heavy atom. The molecule has 5 heteroatoms. The summed E-state index contributed by atoms with van der Waals surface area (Å²) < 4.78 is 2.19. The molecule has 0 saturated heterocycles. The van der Waals surface area contributed by atoms with E-state index in [1.165, 1.54) is 0 Å². The number of anilines is 2. The summed E-state index contributed by atoms with van der Waals surface area (Å²) in [4.78, 5) is 4.56. The Hall–Kier alpha value is -1.10. The number of thiazole rings is 1. The highest BCUT2D eigenvalue weighted by Gasteiger charge is 2.05. The molecular weight excluding hydrogens is 344 g/mol. The number of benzene rings is 2. The molecule has 19 heavy (non-hydrogen) atoms. The van der Waals surface area contributed by atoms with Crippen LogP contribution < -0.4 is 5.32 Å². The molecular formula is C14H10BrClN2S. The quantitative estimate of drug-likeness (QED) is 0.633. The van der Waals surface area contributed by atoms with Gasteiger partial charge in [0.2, 0.25) is 0 Å². The number of aryl methyl sites for hydroxylation is 1. The Bertz CT molecular complexity index is 754. The molecule has 0 aliphatic rings. The van der Waals surface area contributed by atoms with E-state index in [2.05, 4.69) is 32.3 Å². The number of nitrogens with zero attached hydrogens (tertiary/aromatic N) is 1. The van der Waals surface area contributed by atoms with Crippen LogP contribution in [0.2, 0.25) is 5.02 Å². The van der Waals surface area contributed by atoms with Crippen LogP contribution in [-0.4, -0.2) is 4.98 Å². The third kappa shape index (κ3) is 2.76. The number of hydrogen-bond acceptors (Lipinski definition) is 3. The fraction of sp³-hybridized carbons (Fsp3) is 0.0714. The van der Waals surface area contributed by atoms with E-state index >= 15 is 0 Å². The van der Waals surface area contributed by atoms with Crippen molar-refractivity contribution in [3.8, 4) is 0 Å². The van der Waals surface area contributed by atoms with Crippen LogP contribution in [-0.2, 0) is 0 Å². The van der Waals surface area contributed by atoms with Gasteiger partial charge in [0.05, 0.1) is 10.2 Å². The normalized spacial score (nSPS) is 10.9. The average molecular weight is 354 g/mol.